The summed E-state index contributed by atoms with van der Waals surface area (Å²) in [6.45, 7) is 12.0. The van der Waals surface area contributed by atoms with Gasteiger partial charge in [-0.05, 0) is 56.0 Å². The number of aromatic nitrogens is 1. The lowest BCUT2D eigenvalue weighted by Crippen LogP contribution is -1.94. The summed E-state index contributed by atoms with van der Waals surface area (Å²) in [5.74, 6) is 2.31. The van der Waals surface area contributed by atoms with Crippen LogP contribution in [-0.2, 0) is 0 Å². The van der Waals surface area contributed by atoms with Gasteiger partial charge in [0.05, 0.1) is 18.9 Å². The van der Waals surface area contributed by atoms with Gasteiger partial charge < -0.3 is 14.4 Å². The SMILES string of the molecule is CC(C)C.COc1cc(-c2c(C)noc2C)cc(C(C)O)c1. The maximum Gasteiger partial charge on any atom is 0.141 e. The average Bonchev–Trinajstić information content (AvgIpc) is 2.77. The molecule has 0 bridgehead atoms. The smallest absolute Gasteiger partial charge is 0.141 e. The highest BCUT2D eigenvalue weighted by Crippen LogP contribution is 2.32. The molecule has 0 amide bonds. The first-order valence-corrected chi connectivity index (χ1v) is 7.56. The standard InChI is InChI=1S/C14H17NO3.C4H10/c1-8-14(10(3)18-15-8)12-5-11(9(2)16)6-13(7-12)17-4;1-4(2)3/h5-7,9,16H,1-4H3;4H,1-3H3. The Labute approximate surface area is 133 Å². The van der Waals surface area contributed by atoms with Crippen LogP contribution in [0.15, 0.2) is 22.7 Å². The zero-order valence-corrected chi connectivity index (χ0v) is 14.6. The minimum absolute atomic E-state index is 0.542. The molecule has 2 aromatic rings. The average molecular weight is 305 g/mol. The van der Waals surface area contributed by atoms with E-state index in [0.29, 0.717) is 5.75 Å². The van der Waals surface area contributed by atoms with Crippen molar-refractivity contribution in [1.82, 2.24) is 5.16 Å². The van der Waals surface area contributed by atoms with Crippen LogP contribution >= 0.6 is 0 Å². The molecular weight excluding hydrogens is 278 g/mol. The molecule has 22 heavy (non-hydrogen) atoms. The number of hydrogen-bond donors (Lipinski definition) is 1. The summed E-state index contributed by atoms with van der Waals surface area (Å²) in [4.78, 5) is 0. The number of methoxy groups -OCH3 is 1. The Hall–Kier alpha value is -1.81. The van der Waals surface area contributed by atoms with Gasteiger partial charge in [-0.2, -0.15) is 0 Å². The predicted octanol–water partition coefficient (Wildman–Crippen LogP) is 4.68. The molecule has 4 heteroatoms. The highest BCUT2D eigenvalue weighted by molar-refractivity contribution is 5.70. The zero-order chi connectivity index (χ0) is 16.9. The summed E-state index contributed by atoms with van der Waals surface area (Å²) in [6, 6.07) is 5.67. The number of aryl methyl sites for hydroxylation is 2. The van der Waals surface area contributed by atoms with E-state index >= 15 is 0 Å². The molecule has 2 rings (SSSR count). The molecule has 1 aromatic carbocycles. The molecule has 4 nitrogen and oxygen atoms in total. The van der Waals surface area contributed by atoms with Crippen LogP contribution in [0.3, 0.4) is 0 Å². The van der Waals surface area contributed by atoms with Gasteiger partial charge in [0, 0.05) is 5.56 Å². The van der Waals surface area contributed by atoms with E-state index in [4.69, 9.17) is 9.26 Å². The van der Waals surface area contributed by atoms with Gasteiger partial charge in [-0.25, -0.2) is 0 Å². The van der Waals surface area contributed by atoms with Crippen molar-refractivity contribution in [3.05, 3.63) is 35.2 Å². The summed E-state index contributed by atoms with van der Waals surface area (Å²) in [5.41, 5.74) is 3.54. The zero-order valence-electron chi connectivity index (χ0n) is 14.6. The monoisotopic (exact) mass is 305 g/mol. The fourth-order valence-corrected chi connectivity index (χ4v) is 2.02. The Bertz CT molecular complexity index is 578. The molecule has 0 saturated heterocycles. The molecule has 1 atom stereocenters. The van der Waals surface area contributed by atoms with E-state index in [-0.39, 0.29) is 0 Å². The first-order valence-electron chi connectivity index (χ1n) is 7.56. The first-order chi connectivity index (χ1) is 10.3. The van der Waals surface area contributed by atoms with Crippen LogP contribution in [0.25, 0.3) is 11.1 Å². The molecule has 0 radical (unpaired) electrons. The Morgan fingerprint density at radius 1 is 1.09 bits per heavy atom. The van der Waals surface area contributed by atoms with E-state index in [1.165, 1.54) is 0 Å². The maximum absolute atomic E-state index is 9.71. The van der Waals surface area contributed by atoms with Gasteiger partial charge >= 0.3 is 0 Å². The van der Waals surface area contributed by atoms with E-state index < -0.39 is 6.10 Å². The molecule has 1 heterocycles. The first kappa shape index (κ1) is 18.2. The lowest BCUT2D eigenvalue weighted by Gasteiger charge is -2.11. The second kappa shape index (κ2) is 7.99. The maximum atomic E-state index is 9.71. The summed E-state index contributed by atoms with van der Waals surface area (Å²) in [7, 11) is 1.61. The van der Waals surface area contributed by atoms with Crippen LogP contribution in [0.5, 0.6) is 5.75 Å². The van der Waals surface area contributed by atoms with Gasteiger partial charge in [-0.1, -0.05) is 25.9 Å². The van der Waals surface area contributed by atoms with Crippen LogP contribution in [-0.4, -0.2) is 17.4 Å². The molecule has 0 aliphatic heterocycles. The summed E-state index contributed by atoms with van der Waals surface area (Å²) < 4.78 is 10.4. The summed E-state index contributed by atoms with van der Waals surface area (Å²) in [6.07, 6.45) is -0.542. The Morgan fingerprint density at radius 3 is 2.09 bits per heavy atom. The third-order valence-corrected chi connectivity index (χ3v) is 2.97. The topological polar surface area (TPSA) is 55.5 Å². The van der Waals surface area contributed by atoms with Crippen LogP contribution in [0.2, 0.25) is 0 Å². The van der Waals surface area contributed by atoms with Crippen LogP contribution in [0.4, 0.5) is 0 Å². The van der Waals surface area contributed by atoms with Gasteiger partial charge in [0.15, 0.2) is 0 Å². The highest BCUT2D eigenvalue weighted by atomic mass is 16.5. The van der Waals surface area contributed by atoms with E-state index in [9.17, 15) is 5.11 Å². The van der Waals surface area contributed by atoms with E-state index in [0.717, 1.165) is 34.1 Å². The fraction of sp³-hybridized carbons (Fsp3) is 0.500. The minimum Gasteiger partial charge on any atom is -0.497 e. The lowest BCUT2D eigenvalue weighted by atomic mass is 9.99. The third-order valence-electron chi connectivity index (χ3n) is 2.97. The van der Waals surface area contributed by atoms with Crippen LogP contribution in [0, 0.1) is 19.8 Å². The second-order valence-corrected chi connectivity index (χ2v) is 6.10. The number of benzene rings is 1. The van der Waals surface area contributed by atoms with Crippen LogP contribution < -0.4 is 4.74 Å². The van der Waals surface area contributed by atoms with E-state index in [1.807, 2.05) is 32.0 Å². The van der Waals surface area contributed by atoms with Gasteiger partial charge in [0.1, 0.15) is 11.5 Å². The van der Waals surface area contributed by atoms with Gasteiger partial charge in [-0.3, -0.25) is 0 Å². The lowest BCUT2D eigenvalue weighted by molar-refractivity contribution is 0.199. The number of aliphatic hydroxyl groups is 1. The highest BCUT2D eigenvalue weighted by Gasteiger charge is 2.14. The molecule has 0 aliphatic carbocycles. The number of hydrogen-bond acceptors (Lipinski definition) is 4. The summed E-state index contributed by atoms with van der Waals surface area (Å²) >= 11 is 0. The van der Waals surface area contributed by atoms with Crippen LogP contribution in [0.1, 0.15) is 50.8 Å². The van der Waals surface area contributed by atoms with Gasteiger partial charge in [-0.15, -0.1) is 0 Å². The van der Waals surface area contributed by atoms with E-state index in [2.05, 4.69) is 25.9 Å². The molecule has 1 unspecified atom stereocenters. The number of rotatable bonds is 3. The van der Waals surface area contributed by atoms with Crippen molar-refractivity contribution < 1.29 is 14.4 Å². The van der Waals surface area contributed by atoms with Crippen molar-refractivity contribution >= 4 is 0 Å². The van der Waals surface area contributed by atoms with E-state index in [1.54, 1.807) is 14.0 Å². The predicted molar refractivity (Wildman–Crippen MR) is 89.1 cm³/mol. The molecule has 122 valence electrons. The molecule has 0 spiro atoms. The number of ether oxygens (including phenoxy) is 1. The quantitative estimate of drug-likeness (QED) is 0.894. The largest absolute Gasteiger partial charge is 0.497 e. The fourth-order valence-electron chi connectivity index (χ4n) is 2.02. The van der Waals surface area contributed by atoms with Crippen molar-refractivity contribution in [2.24, 2.45) is 5.92 Å². The molecule has 0 saturated carbocycles. The van der Waals surface area contributed by atoms with Crippen molar-refractivity contribution in [3.8, 4) is 16.9 Å². The minimum atomic E-state index is -0.542. The molecule has 0 fully saturated rings. The van der Waals surface area contributed by atoms with Crippen molar-refractivity contribution in [1.29, 1.82) is 0 Å². The summed E-state index contributed by atoms with van der Waals surface area (Å²) in [5, 5.41) is 13.7. The number of aliphatic hydroxyl groups excluding tert-OH is 1. The molecule has 0 aliphatic rings. The van der Waals surface area contributed by atoms with Gasteiger partial charge in [0.25, 0.3) is 0 Å². The normalized spacial score (nSPS) is 11.9. The van der Waals surface area contributed by atoms with Gasteiger partial charge in [0.2, 0.25) is 0 Å². The third kappa shape index (κ3) is 4.88. The molecular formula is C18H27NO3. The van der Waals surface area contributed by atoms with Crippen molar-refractivity contribution in [2.75, 3.05) is 7.11 Å². The molecule has 1 aromatic heterocycles. The Kier molecular flexibility index (Phi) is 6.62. The van der Waals surface area contributed by atoms with Crippen molar-refractivity contribution in [3.63, 3.8) is 0 Å². The van der Waals surface area contributed by atoms with Crippen molar-refractivity contribution in [2.45, 2.75) is 47.6 Å². The Morgan fingerprint density at radius 2 is 1.68 bits per heavy atom. The Balaban J connectivity index is 0.000000541. The number of nitrogens with zero attached hydrogens (tertiary/aromatic N) is 1. The second-order valence-electron chi connectivity index (χ2n) is 6.10. The molecule has 1 N–H and O–H groups in total.